The van der Waals surface area contributed by atoms with E-state index in [4.69, 9.17) is 5.11 Å². The molecule has 1 heterocycles. The molecule has 0 spiro atoms. The van der Waals surface area contributed by atoms with Gasteiger partial charge in [0.15, 0.2) is 9.84 Å². The van der Waals surface area contributed by atoms with Gasteiger partial charge in [-0.2, -0.15) is 0 Å². The van der Waals surface area contributed by atoms with E-state index in [0.29, 0.717) is 18.9 Å². The first-order valence-electron chi connectivity index (χ1n) is 5.62. The van der Waals surface area contributed by atoms with Crippen LogP contribution in [0.1, 0.15) is 19.3 Å². The van der Waals surface area contributed by atoms with Gasteiger partial charge in [-0.3, -0.25) is 4.79 Å². The van der Waals surface area contributed by atoms with E-state index in [0.717, 1.165) is 12.8 Å². The van der Waals surface area contributed by atoms with Gasteiger partial charge in [0.1, 0.15) is 0 Å². The Kier molecular flexibility index (Phi) is 3.21. The molecule has 1 aliphatic heterocycles. The van der Waals surface area contributed by atoms with Crippen LogP contribution in [0.15, 0.2) is 0 Å². The molecule has 1 saturated heterocycles. The molecule has 1 aliphatic carbocycles. The van der Waals surface area contributed by atoms with Crippen molar-refractivity contribution in [2.24, 2.45) is 11.8 Å². The average Bonchev–Trinajstić information content (AvgIpc) is 2.51. The number of hydrogen-bond acceptors (Lipinski definition) is 4. The molecule has 0 aromatic heterocycles. The minimum absolute atomic E-state index is 0.00781. The standard InChI is InChI=1S/C10H17NO4S/c12-9-3-7(4-9)5-11-10(13)8-1-2-16(14,15)6-8/h7-9,12H,1-6H2,(H,11,13). The van der Waals surface area contributed by atoms with E-state index in [9.17, 15) is 13.2 Å². The fourth-order valence-electron chi connectivity index (χ4n) is 2.26. The number of aliphatic hydroxyl groups is 1. The van der Waals surface area contributed by atoms with Crippen LogP contribution in [0, 0.1) is 11.8 Å². The van der Waals surface area contributed by atoms with Crippen molar-refractivity contribution in [2.45, 2.75) is 25.4 Å². The predicted molar refractivity (Wildman–Crippen MR) is 58.5 cm³/mol. The average molecular weight is 247 g/mol. The maximum atomic E-state index is 11.6. The summed E-state index contributed by atoms with van der Waals surface area (Å²) >= 11 is 0. The second-order valence-corrected chi connectivity index (χ2v) is 7.07. The Hall–Kier alpha value is -0.620. The first-order chi connectivity index (χ1) is 7.46. The Bertz CT molecular complexity index is 372. The summed E-state index contributed by atoms with van der Waals surface area (Å²) in [6.45, 7) is 0.562. The molecule has 1 saturated carbocycles. The monoisotopic (exact) mass is 247 g/mol. The molecule has 0 aromatic carbocycles. The number of hydrogen-bond donors (Lipinski definition) is 2. The summed E-state index contributed by atoms with van der Waals surface area (Å²) in [5, 5.41) is 11.8. The third-order valence-electron chi connectivity index (χ3n) is 3.38. The molecule has 1 unspecified atom stereocenters. The van der Waals surface area contributed by atoms with Crippen LogP contribution in [0.4, 0.5) is 0 Å². The summed E-state index contributed by atoms with van der Waals surface area (Å²) in [5.74, 6) is -0.0336. The van der Waals surface area contributed by atoms with Crippen LogP contribution in [0.3, 0.4) is 0 Å². The van der Waals surface area contributed by atoms with E-state index in [2.05, 4.69) is 5.32 Å². The lowest BCUT2D eigenvalue weighted by Gasteiger charge is -2.31. The molecule has 2 aliphatic rings. The largest absolute Gasteiger partial charge is 0.393 e. The Morgan fingerprint density at radius 3 is 2.56 bits per heavy atom. The minimum atomic E-state index is -2.98. The number of amides is 1. The molecule has 2 N–H and O–H groups in total. The van der Waals surface area contributed by atoms with E-state index < -0.39 is 9.84 Å². The van der Waals surface area contributed by atoms with Crippen molar-refractivity contribution in [3.63, 3.8) is 0 Å². The summed E-state index contributed by atoms with van der Waals surface area (Å²) < 4.78 is 22.4. The van der Waals surface area contributed by atoms with Crippen LogP contribution < -0.4 is 5.32 Å². The van der Waals surface area contributed by atoms with Gasteiger partial charge >= 0.3 is 0 Å². The highest BCUT2D eigenvalue weighted by Gasteiger charge is 2.34. The lowest BCUT2D eigenvalue weighted by atomic mass is 9.82. The molecule has 0 bridgehead atoms. The van der Waals surface area contributed by atoms with Crippen LogP contribution in [0.25, 0.3) is 0 Å². The van der Waals surface area contributed by atoms with E-state index in [-0.39, 0.29) is 29.4 Å². The van der Waals surface area contributed by atoms with E-state index in [1.807, 2.05) is 0 Å². The van der Waals surface area contributed by atoms with Gasteiger partial charge in [0, 0.05) is 6.54 Å². The molecular weight excluding hydrogens is 230 g/mol. The lowest BCUT2D eigenvalue weighted by Crippen LogP contribution is -2.40. The van der Waals surface area contributed by atoms with E-state index in [1.54, 1.807) is 0 Å². The van der Waals surface area contributed by atoms with Gasteiger partial charge in [-0.05, 0) is 25.2 Å². The fourth-order valence-corrected chi connectivity index (χ4v) is 4.00. The highest BCUT2D eigenvalue weighted by Crippen LogP contribution is 2.26. The number of nitrogens with one attached hydrogen (secondary N) is 1. The molecule has 5 nitrogen and oxygen atoms in total. The topological polar surface area (TPSA) is 83.5 Å². The molecule has 6 heteroatoms. The number of aliphatic hydroxyl groups excluding tert-OH is 1. The van der Waals surface area contributed by atoms with Crippen molar-refractivity contribution in [1.29, 1.82) is 0 Å². The van der Waals surface area contributed by atoms with Crippen LogP contribution in [0.5, 0.6) is 0 Å². The number of carbonyl (C=O) groups is 1. The van der Waals surface area contributed by atoms with Crippen molar-refractivity contribution >= 4 is 15.7 Å². The Morgan fingerprint density at radius 1 is 1.38 bits per heavy atom. The zero-order valence-electron chi connectivity index (χ0n) is 9.05. The second-order valence-electron chi connectivity index (χ2n) is 4.84. The number of sulfone groups is 1. The van der Waals surface area contributed by atoms with Gasteiger partial charge in [0.05, 0.1) is 23.5 Å². The highest BCUT2D eigenvalue weighted by atomic mass is 32.2. The molecule has 1 atom stereocenters. The molecule has 1 amide bonds. The molecule has 92 valence electrons. The van der Waals surface area contributed by atoms with E-state index in [1.165, 1.54) is 0 Å². The zero-order valence-corrected chi connectivity index (χ0v) is 9.87. The Morgan fingerprint density at radius 2 is 2.06 bits per heavy atom. The van der Waals surface area contributed by atoms with Crippen LogP contribution in [0.2, 0.25) is 0 Å². The van der Waals surface area contributed by atoms with Crippen molar-refractivity contribution in [3.05, 3.63) is 0 Å². The van der Waals surface area contributed by atoms with Gasteiger partial charge in [-0.25, -0.2) is 8.42 Å². The summed E-state index contributed by atoms with van der Waals surface area (Å²) in [6, 6.07) is 0. The SMILES string of the molecule is O=C(NCC1CC(O)C1)C1CCS(=O)(=O)C1. The van der Waals surface area contributed by atoms with Gasteiger partial charge in [0.2, 0.25) is 5.91 Å². The lowest BCUT2D eigenvalue weighted by molar-refractivity contribution is -0.124. The van der Waals surface area contributed by atoms with Crippen molar-refractivity contribution in [3.8, 4) is 0 Å². The van der Waals surface area contributed by atoms with Gasteiger partial charge in [-0.15, -0.1) is 0 Å². The van der Waals surface area contributed by atoms with Crippen LogP contribution in [-0.4, -0.2) is 43.6 Å². The van der Waals surface area contributed by atoms with Gasteiger partial charge in [0.25, 0.3) is 0 Å². The van der Waals surface area contributed by atoms with Crippen molar-refractivity contribution in [2.75, 3.05) is 18.1 Å². The maximum absolute atomic E-state index is 11.6. The zero-order chi connectivity index (χ0) is 11.8. The summed E-state index contributed by atoms with van der Waals surface area (Å²) in [5.41, 5.74) is 0. The second kappa shape index (κ2) is 4.33. The van der Waals surface area contributed by atoms with Crippen molar-refractivity contribution in [1.82, 2.24) is 5.32 Å². The Labute approximate surface area is 95.1 Å². The fraction of sp³-hybridized carbons (Fsp3) is 0.900. The molecule has 2 fully saturated rings. The predicted octanol–water partition coefficient (Wildman–Crippen LogP) is -0.692. The van der Waals surface area contributed by atoms with Gasteiger partial charge < -0.3 is 10.4 Å². The van der Waals surface area contributed by atoms with Gasteiger partial charge in [-0.1, -0.05) is 0 Å². The summed E-state index contributed by atoms with van der Waals surface area (Å²) in [7, 11) is -2.98. The number of carbonyl (C=O) groups excluding carboxylic acids is 1. The maximum Gasteiger partial charge on any atom is 0.224 e. The molecular formula is C10H17NO4S. The van der Waals surface area contributed by atoms with E-state index >= 15 is 0 Å². The smallest absolute Gasteiger partial charge is 0.224 e. The van der Waals surface area contributed by atoms with Crippen LogP contribution >= 0.6 is 0 Å². The summed E-state index contributed by atoms with van der Waals surface area (Å²) in [4.78, 5) is 11.6. The normalized spacial score (nSPS) is 36.7. The van der Waals surface area contributed by atoms with Crippen LogP contribution in [-0.2, 0) is 14.6 Å². The third kappa shape index (κ3) is 2.74. The third-order valence-corrected chi connectivity index (χ3v) is 5.15. The first kappa shape index (κ1) is 11.9. The molecule has 0 aromatic rings. The molecule has 16 heavy (non-hydrogen) atoms. The first-order valence-corrected chi connectivity index (χ1v) is 7.44. The molecule has 0 radical (unpaired) electrons. The highest BCUT2D eigenvalue weighted by molar-refractivity contribution is 7.91. The quantitative estimate of drug-likeness (QED) is 0.691. The minimum Gasteiger partial charge on any atom is -0.393 e. The number of rotatable bonds is 3. The molecule has 2 rings (SSSR count). The summed E-state index contributed by atoms with van der Waals surface area (Å²) in [6.07, 6.45) is 1.71. The Balaban J connectivity index is 1.72. The van der Waals surface area contributed by atoms with Crippen molar-refractivity contribution < 1.29 is 18.3 Å².